The van der Waals surface area contributed by atoms with Gasteiger partial charge < -0.3 is 14.5 Å². The van der Waals surface area contributed by atoms with Gasteiger partial charge in [-0.15, -0.1) is 0 Å². The summed E-state index contributed by atoms with van der Waals surface area (Å²) in [6, 6.07) is 6.01. The average molecular weight is 219 g/mol. The molecular weight excluding hydrogens is 202 g/mol. The number of nitrogens with zero attached hydrogens (tertiary/aromatic N) is 2. The molecule has 0 aliphatic carbocycles. The van der Waals surface area contributed by atoms with Crippen molar-refractivity contribution in [3.05, 3.63) is 36.3 Å². The molecule has 0 bridgehead atoms. The molecule has 0 spiro atoms. The molecule has 0 radical (unpaired) electrons. The number of pyridine rings is 1. The molecule has 86 valence electrons. The van der Waals surface area contributed by atoms with Crippen molar-refractivity contribution in [2.45, 2.75) is 13.5 Å². The van der Waals surface area contributed by atoms with Crippen LogP contribution >= 0.6 is 0 Å². The Morgan fingerprint density at radius 2 is 2.38 bits per heavy atom. The number of imidazole rings is 1. The summed E-state index contributed by atoms with van der Waals surface area (Å²) in [5.41, 5.74) is 2.16. The molecule has 0 aromatic carbocycles. The first-order valence-electron chi connectivity index (χ1n) is 5.61. The van der Waals surface area contributed by atoms with Crippen molar-refractivity contribution in [2.75, 3.05) is 19.8 Å². The van der Waals surface area contributed by atoms with Gasteiger partial charge in [-0.1, -0.05) is 6.07 Å². The summed E-state index contributed by atoms with van der Waals surface area (Å²) in [4.78, 5) is 4.33. The van der Waals surface area contributed by atoms with E-state index in [9.17, 15) is 0 Å². The third-order valence-electron chi connectivity index (χ3n) is 2.43. The molecule has 0 aliphatic rings. The van der Waals surface area contributed by atoms with E-state index in [0.29, 0.717) is 0 Å². The van der Waals surface area contributed by atoms with E-state index in [-0.39, 0.29) is 0 Å². The van der Waals surface area contributed by atoms with Gasteiger partial charge in [0.05, 0.1) is 18.5 Å². The number of ether oxygens (including phenoxy) is 1. The molecule has 2 heterocycles. The van der Waals surface area contributed by atoms with Gasteiger partial charge >= 0.3 is 0 Å². The van der Waals surface area contributed by atoms with Crippen molar-refractivity contribution in [3.63, 3.8) is 0 Å². The molecule has 16 heavy (non-hydrogen) atoms. The number of rotatable bonds is 6. The summed E-state index contributed by atoms with van der Waals surface area (Å²) in [6.07, 6.45) is 3.94. The van der Waals surface area contributed by atoms with Crippen molar-refractivity contribution in [2.24, 2.45) is 0 Å². The maximum atomic E-state index is 5.26. The summed E-state index contributed by atoms with van der Waals surface area (Å²) in [6.45, 7) is 5.22. The van der Waals surface area contributed by atoms with E-state index in [2.05, 4.69) is 14.7 Å². The standard InChI is InChI=1S/C12H17N3O/c1-2-16-8-6-13-9-11-10-14-12-5-3-4-7-15(11)12/h3-5,7,10,13H,2,6,8-9H2,1H3. The summed E-state index contributed by atoms with van der Waals surface area (Å²) >= 11 is 0. The van der Waals surface area contributed by atoms with E-state index in [1.54, 1.807) is 0 Å². The fourth-order valence-corrected chi connectivity index (χ4v) is 1.62. The van der Waals surface area contributed by atoms with Crippen LogP contribution in [0.15, 0.2) is 30.6 Å². The number of aromatic nitrogens is 2. The molecule has 0 atom stereocenters. The molecule has 4 nitrogen and oxygen atoms in total. The van der Waals surface area contributed by atoms with Gasteiger partial charge in [-0.25, -0.2) is 4.98 Å². The maximum Gasteiger partial charge on any atom is 0.136 e. The lowest BCUT2D eigenvalue weighted by molar-refractivity contribution is 0.149. The SMILES string of the molecule is CCOCCNCc1cnc2ccccn12. The summed E-state index contributed by atoms with van der Waals surface area (Å²) in [7, 11) is 0. The minimum atomic E-state index is 0.757. The van der Waals surface area contributed by atoms with Crippen LogP contribution in [0.2, 0.25) is 0 Å². The Bertz CT molecular complexity index is 439. The summed E-state index contributed by atoms with van der Waals surface area (Å²) in [5.74, 6) is 0. The first-order chi connectivity index (χ1) is 7.92. The van der Waals surface area contributed by atoms with Crippen LogP contribution in [0, 0.1) is 0 Å². The fraction of sp³-hybridized carbons (Fsp3) is 0.417. The van der Waals surface area contributed by atoms with Crippen LogP contribution in [-0.2, 0) is 11.3 Å². The van der Waals surface area contributed by atoms with Crippen molar-refractivity contribution >= 4 is 5.65 Å². The molecule has 0 aliphatic heterocycles. The topological polar surface area (TPSA) is 38.6 Å². The van der Waals surface area contributed by atoms with E-state index in [0.717, 1.165) is 32.0 Å². The molecular formula is C12H17N3O. The lowest BCUT2D eigenvalue weighted by Crippen LogP contribution is -2.20. The molecule has 1 N–H and O–H groups in total. The zero-order chi connectivity index (χ0) is 11.2. The van der Waals surface area contributed by atoms with E-state index < -0.39 is 0 Å². The van der Waals surface area contributed by atoms with Gasteiger partial charge in [-0.2, -0.15) is 0 Å². The third-order valence-corrected chi connectivity index (χ3v) is 2.43. The van der Waals surface area contributed by atoms with Crippen LogP contribution in [0.1, 0.15) is 12.6 Å². The van der Waals surface area contributed by atoms with E-state index >= 15 is 0 Å². The average Bonchev–Trinajstić information content (AvgIpc) is 2.73. The van der Waals surface area contributed by atoms with Gasteiger partial charge in [-0.05, 0) is 19.1 Å². The minimum Gasteiger partial charge on any atom is -0.380 e. The second-order valence-corrected chi connectivity index (χ2v) is 3.55. The quantitative estimate of drug-likeness (QED) is 0.747. The highest BCUT2D eigenvalue weighted by molar-refractivity contribution is 5.39. The van der Waals surface area contributed by atoms with Crippen LogP contribution in [0.3, 0.4) is 0 Å². The van der Waals surface area contributed by atoms with Crippen molar-refractivity contribution < 1.29 is 4.74 Å². The highest BCUT2D eigenvalue weighted by Crippen LogP contribution is 2.05. The number of hydrogen-bond donors (Lipinski definition) is 1. The van der Waals surface area contributed by atoms with E-state index in [4.69, 9.17) is 4.74 Å². The van der Waals surface area contributed by atoms with Gasteiger partial charge in [0.15, 0.2) is 0 Å². The summed E-state index contributed by atoms with van der Waals surface area (Å²) < 4.78 is 7.35. The van der Waals surface area contributed by atoms with Crippen molar-refractivity contribution in [1.29, 1.82) is 0 Å². The molecule has 0 saturated carbocycles. The Balaban J connectivity index is 1.89. The Labute approximate surface area is 95.3 Å². The Hall–Kier alpha value is -1.39. The van der Waals surface area contributed by atoms with Crippen LogP contribution in [0.25, 0.3) is 5.65 Å². The molecule has 0 saturated heterocycles. The molecule has 4 heteroatoms. The normalized spacial score (nSPS) is 11.1. The third kappa shape index (κ3) is 2.59. The van der Waals surface area contributed by atoms with Gasteiger partial charge in [-0.3, -0.25) is 0 Å². The Morgan fingerprint density at radius 1 is 1.44 bits per heavy atom. The largest absolute Gasteiger partial charge is 0.380 e. The first-order valence-corrected chi connectivity index (χ1v) is 5.61. The van der Waals surface area contributed by atoms with Gasteiger partial charge in [0.2, 0.25) is 0 Å². The van der Waals surface area contributed by atoms with Gasteiger partial charge in [0.25, 0.3) is 0 Å². The molecule has 0 unspecified atom stereocenters. The fourth-order valence-electron chi connectivity index (χ4n) is 1.62. The lowest BCUT2D eigenvalue weighted by atomic mass is 10.4. The molecule has 0 fully saturated rings. The zero-order valence-corrected chi connectivity index (χ0v) is 9.52. The van der Waals surface area contributed by atoms with Crippen LogP contribution < -0.4 is 5.32 Å². The second-order valence-electron chi connectivity index (χ2n) is 3.55. The van der Waals surface area contributed by atoms with Crippen molar-refractivity contribution in [3.8, 4) is 0 Å². The number of fused-ring (bicyclic) bond motifs is 1. The monoisotopic (exact) mass is 219 g/mol. The van der Waals surface area contributed by atoms with Crippen molar-refractivity contribution in [1.82, 2.24) is 14.7 Å². The molecule has 0 amide bonds. The lowest BCUT2D eigenvalue weighted by Gasteiger charge is -2.04. The first kappa shape index (κ1) is 11.1. The Kier molecular flexibility index (Phi) is 3.91. The molecule has 2 aromatic rings. The maximum absolute atomic E-state index is 5.26. The number of hydrogen-bond acceptors (Lipinski definition) is 3. The van der Waals surface area contributed by atoms with Gasteiger partial charge in [0.1, 0.15) is 5.65 Å². The summed E-state index contributed by atoms with van der Waals surface area (Å²) in [5, 5.41) is 3.33. The highest BCUT2D eigenvalue weighted by Gasteiger charge is 2.00. The molecule has 2 aromatic heterocycles. The number of nitrogens with one attached hydrogen (secondary N) is 1. The predicted molar refractivity (Wildman–Crippen MR) is 63.4 cm³/mol. The predicted octanol–water partition coefficient (Wildman–Crippen LogP) is 1.46. The van der Waals surface area contributed by atoms with Crippen LogP contribution in [-0.4, -0.2) is 29.1 Å². The minimum absolute atomic E-state index is 0.757. The smallest absolute Gasteiger partial charge is 0.136 e. The molecule has 2 rings (SSSR count). The highest BCUT2D eigenvalue weighted by atomic mass is 16.5. The Morgan fingerprint density at radius 3 is 3.25 bits per heavy atom. The second kappa shape index (κ2) is 5.63. The van der Waals surface area contributed by atoms with E-state index in [1.807, 2.05) is 37.5 Å². The zero-order valence-electron chi connectivity index (χ0n) is 9.52. The van der Waals surface area contributed by atoms with Crippen LogP contribution in [0.5, 0.6) is 0 Å². The van der Waals surface area contributed by atoms with Crippen LogP contribution in [0.4, 0.5) is 0 Å². The van der Waals surface area contributed by atoms with E-state index in [1.165, 1.54) is 5.69 Å². The van der Waals surface area contributed by atoms with Gasteiger partial charge in [0, 0.05) is 25.9 Å².